The first kappa shape index (κ1) is 15.0. The minimum atomic E-state index is 0.584. The summed E-state index contributed by atoms with van der Waals surface area (Å²) in [5.74, 6) is 7.43. The third kappa shape index (κ3) is 3.21. The van der Waals surface area contributed by atoms with Gasteiger partial charge in [0, 0.05) is 23.6 Å². The quantitative estimate of drug-likeness (QED) is 0.583. The average molecular weight is 314 g/mol. The molecule has 0 spiro atoms. The Kier molecular flexibility index (Phi) is 4.34. The second-order valence-corrected chi connectivity index (χ2v) is 6.58. The lowest BCUT2D eigenvalue weighted by atomic mass is 10.1. The van der Waals surface area contributed by atoms with Crippen LogP contribution in [0.4, 0.5) is 5.69 Å². The van der Waals surface area contributed by atoms with E-state index in [4.69, 9.17) is 5.10 Å². The number of nitrogens with zero attached hydrogens (tertiary/aromatic N) is 2. The van der Waals surface area contributed by atoms with Crippen molar-refractivity contribution in [3.05, 3.63) is 65.2 Å². The molecule has 1 aliphatic heterocycles. The molecule has 0 saturated heterocycles. The summed E-state index contributed by atoms with van der Waals surface area (Å²) in [6, 6.07) is 16.8. The maximum atomic E-state index is 4.72. The predicted octanol–water partition coefficient (Wildman–Crippen LogP) is 4.62. The lowest BCUT2D eigenvalue weighted by Gasteiger charge is -2.12. The van der Waals surface area contributed by atoms with Gasteiger partial charge >= 0.3 is 0 Å². The molecule has 0 unspecified atom stereocenters. The van der Waals surface area contributed by atoms with Gasteiger partial charge < -0.3 is 0 Å². The summed E-state index contributed by atoms with van der Waals surface area (Å²) in [7, 11) is 0. The number of anilines is 1. The van der Waals surface area contributed by atoms with Crippen LogP contribution in [0.1, 0.15) is 42.4 Å². The minimum Gasteiger partial charge on any atom is -0.265 e. The highest BCUT2D eigenvalue weighted by Crippen LogP contribution is 2.27. The van der Waals surface area contributed by atoms with E-state index in [-0.39, 0.29) is 0 Å². The van der Waals surface area contributed by atoms with E-state index in [0.29, 0.717) is 5.92 Å². The van der Waals surface area contributed by atoms with Crippen molar-refractivity contribution in [3.63, 3.8) is 0 Å². The number of fused-ring (bicyclic) bond motifs is 1. The first-order chi connectivity index (χ1) is 11.9. The first-order valence-corrected chi connectivity index (χ1v) is 8.90. The van der Waals surface area contributed by atoms with Gasteiger partial charge in [0.1, 0.15) is 0 Å². The molecule has 1 fully saturated rings. The zero-order valence-corrected chi connectivity index (χ0v) is 13.9. The normalized spacial score (nSPS) is 17.1. The molecule has 1 heterocycles. The van der Waals surface area contributed by atoms with Gasteiger partial charge in [-0.2, -0.15) is 5.10 Å². The molecule has 0 N–H and O–H groups in total. The molecule has 0 amide bonds. The van der Waals surface area contributed by atoms with Crippen molar-refractivity contribution < 1.29 is 0 Å². The summed E-state index contributed by atoms with van der Waals surface area (Å²) in [4.78, 5) is 0. The Morgan fingerprint density at radius 1 is 1.00 bits per heavy atom. The Bertz CT molecular complexity index is 804. The summed E-state index contributed by atoms with van der Waals surface area (Å²) in [6.45, 7) is 0.950. The predicted molar refractivity (Wildman–Crippen MR) is 100 cm³/mol. The van der Waals surface area contributed by atoms with Gasteiger partial charge in [0.2, 0.25) is 0 Å². The van der Waals surface area contributed by atoms with Crippen LogP contribution in [0, 0.1) is 17.8 Å². The number of rotatable bonds is 2. The molecule has 24 heavy (non-hydrogen) atoms. The minimum absolute atomic E-state index is 0.584. The van der Waals surface area contributed by atoms with E-state index in [1.54, 1.807) is 0 Å². The summed E-state index contributed by atoms with van der Waals surface area (Å²) in [6.07, 6.45) is 8.20. The maximum absolute atomic E-state index is 4.72. The molecule has 0 bridgehead atoms. The Morgan fingerprint density at radius 2 is 1.79 bits per heavy atom. The van der Waals surface area contributed by atoms with Crippen LogP contribution in [0.2, 0.25) is 0 Å². The third-order valence-corrected chi connectivity index (χ3v) is 4.93. The molecular weight excluding hydrogens is 292 g/mol. The summed E-state index contributed by atoms with van der Waals surface area (Å²) >= 11 is 0. The highest BCUT2D eigenvalue weighted by Gasteiger charge is 2.17. The topological polar surface area (TPSA) is 15.6 Å². The fraction of sp³-hybridized carbons (Fsp3) is 0.318. The van der Waals surface area contributed by atoms with E-state index >= 15 is 0 Å². The number of hydrogen-bond acceptors (Lipinski definition) is 2. The summed E-state index contributed by atoms with van der Waals surface area (Å²) in [5.41, 5.74) is 4.79. The van der Waals surface area contributed by atoms with Crippen molar-refractivity contribution in [1.82, 2.24) is 0 Å². The Hall–Kier alpha value is -2.53. The highest BCUT2D eigenvalue weighted by molar-refractivity contribution is 5.84. The fourth-order valence-corrected chi connectivity index (χ4v) is 3.55. The molecule has 4 rings (SSSR count). The van der Waals surface area contributed by atoms with E-state index in [9.17, 15) is 0 Å². The molecule has 2 aromatic carbocycles. The first-order valence-electron chi connectivity index (χ1n) is 8.90. The Balaban J connectivity index is 1.55. The van der Waals surface area contributed by atoms with Gasteiger partial charge in [-0.15, -0.1) is 0 Å². The maximum Gasteiger partial charge on any atom is 0.0626 e. The van der Waals surface area contributed by atoms with Crippen molar-refractivity contribution in [2.24, 2.45) is 11.0 Å². The second kappa shape index (κ2) is 6.93. The van der Waals surface area contributed by atoms with Crippen LogP contribution in [-0.4, -0.2) is 12.8 Å². The molecule has 2 aliphatic rings. The molecular formula is C22H22N2. The van der Waals surface area contributed by atoms with E-state index in [1.807, 2.05) is 6.21 Å². The monoisotopic (exact) mass is 314 g/mol. The van der Waals surface area contributed by atoms with Crippen molar-refractivity contribution in [2.75, 3.05) is 11.6 Å². The molecule has 2 nitrogen and oxygen atoms in total. The van der Waals surface area contributed by atoms with E-state index < -0.39 is 0 Å². The van der Waals surface area contributed by atoms with Crippen LogP contribution in [0.5, 0.6) is 0 Å². The number of para-hydroxylation sites is 1. The molecule has 0 atom stereocenters. The van der Waals surface area contributed by atoms with Gasteiger partial charge in [-0.25, -0.2) is 0 Å². The van der Waals surface area contributed by atoms with Gasteiger partial charge in [0.15, 0.2) is 0 Å². The van der Waals surface area contributed by atoms with Crippen molar-refractivity contribution in [1.29, 1.82) is 0 Å². The van der Waals surface area contributed by atoms with Crippen molar-refractivity contribution >= 4 is 11.9 Å². The molecule has 2 heteroatoms. The molecule has 0 radical (unpaired) electrons. The second-order valence-electron chi connectivity index (χ2n) is 6.58. The lowest BCUT2D eigenvalue weighted by Crippen LogP contribution is -2.12. The largest absolute Gasteiger partial charge is 0.265 e. The number of hydrogen-bond donors (Lipinski definition) is 0. The molecule has 2 aromatic rings. The summed E-state index contributed by atoms with van der Waals surface area (Å²) in [5, 5.41) is 6.81. The van der Waals surface area contributed by atoms with E-state index in [1.165, 1.54) is 36.9 Å². The van der Waals surface area contributed by atoms with Crippen molar-refractivity contribution in [2.45, 2.75) is 32.1 Å². The molecule has 0 aromatic heterocycles. The standard InChI is InChI=1S/C22H22N2/c1-2-8-18(7-1)13-14-19-9-3-4-11-21(19)17-23-24-16-15-20-10-5-6-12-22(20)24/h3-6,9-12,17-18H,1-2,7-8,15-16H2/b23-17+. The van der Waals surface area contributed by atoms with Gasteiger partial charge in [-0.3, -0.25) is 5.01 Å². The van der Waals surface area contributed by atoms with E-state index in [0.717, 1.165) is 24.1 Å². The van der Waals surface area contributed by atoms with Gasteiger partial charge in [-0.05, 0) is 37.0 Å². The average Bonchev–Trinajstić information content (AvgIpc) is 3.29. The SMILES string of the molecule is C(#CC1CCCC1)c1ccccc1/C=N/N1CCc2ccccc21. The van der Waals surface area contributed by atoms with Gasteiger partial charge in [-0.1, -0.05) is 61.1 Å². The summed E-state index contributed by atoms with van der Waals surface area (Å²) < 4.78 is 0. The number of benzene rings is 2. The van der Waals surface area contributed by atoms with Crippen LogP contribution in [0.3, 0.4) is 0 Å². The van der Waals surface area contributed by atoms with Crippen LogP contribution >= 0.6 is 0 Å². The number of hydrazone groups is 1. The molecule has 1 saturated carbocycles. The molecule has 1 aliphatic carbocycles. The smallest absolute Gasteiger partial charge is 0.0626 e. The highest BCUT2D eigenvalue weighted by atomic mass is 15.5. The van der Waals surface area contributed by atoms with E-state index in [2.05, 4.69) is 65.4 Å². The zero-order valence-electron chi connectivity index (χ0n) is 13.9. The molecule has 120 valence electrons. The Labute approximate surface area is 144 Å². The van der Waals surface area contributed by atoms with Crippen LogP contribution in [0.25, 0.3) is 0 Å². The van der Waals surface area contributed by atoms with Crippen molar-refractivity contribution in [3.8, 4) is 11.8 Å². The fourth-order valence-electron chi connectivity index (χ4n) is 3.55. The third-order valence-electron chi connectivity index (χ3n) is 4.93. The lowest BCUT2D eigenvalue weighted by molar-refractivity contribution is 0.712. The van der Waals surface area contributed by atoms with Gasteiger partial charge in [0.05, 0.1) is 11.9 Å². The Morgan fingerprint density at radius 3 is 2.71 bits per heavy atom. The van der Waals surface area contributed by atoms with Gasteiger partial charge in [0.25, 0.3) is 0 Å². The van der Waals surface area contributed by atoms with Crippen LogP contribution in [-0.2, 0) is 6.42 Å². The van der Waals surface area contributed by atoms with Crippen LogP contribution in [0.15, 0.2) is 53.6 Å². The zero-order chi connectivity index (χ0) is 16.2. The van der Waals surface area contributed by atoms with Crippen LogP contribution < -0.4 is 5.01 Å².